The Kier molecular flexibility index (Phi) is 7.76. The molecule has 120 valence electrons. The van der Waals surface area contributed by atoms with Crippen molar-refractivity contribution in [2.24, 2.45) is 0 Å². The lowest BCUT2D eigenvalue weighted by molar-refractivity contribution is -0.140. The molecular weight excluding hydrogens is 328 g/mol. The SMILES string of the molecule is CC(=O)NC(CSCC(Cl)C(=O)Nc1ccccc1)C(=O)O. The number of carbonyl (C=O) groups excluding carboxylic acids is 2. The number of para-hydroxylation sites is 1. The summed E-state index contributed by atoms with van der Waals surface area (Å²) < 4.78 is 0. The van der Waals surface area contributed by atoms with Crippen molar-refractivity contribution in [3.8, 4) is 0 Å². The number of thioether (sulfide) groups is 1. The molecule has 6 nitrogen and oxygen atoms in total. The highest BCUT2D eigenvalue weighted by Gasteiger charge is 2.21. The Hall–Kier alpha value is -1.73. The van der Waals surface area contributed by atoms with E-state index in [9.17, 15) is 14.4 Å². The van der Waals surface area contributed by atoms with Gasteiger partial charge in [0.15, 0.2) is 0 Å². The number of rotatable bonds is 8. The lowest BCUT2D eigenvalue weighted by Gasteiger charge is -2.14. The van der Waals surface area contributed by atoms with Gasteiger partial charge in [0.05, 0.1) is 0 Å². The van der Waals surface area contributed by atoms with Crippen molar-refractivity contribution < 1.29 is 19.5 Å². The van der Waals surface area contributed by atoms with E-state index in [1.165, 1.54) is 18.7 Å². The number of hydrogen-bond acceptors (Lipinski definition) is 4. The van der Waals surface area contributed by atoms with E-state index in [0.717, 1.165) is 0 Å². The predicted molar refractivity (Wildman–Crippen MR) is 87.3 cm³/mol. The van der Waals surface area contributed by atoms with Crippen molar-refractivity contribution in [2.45, 2.75) is 18.3 Å². The molecule has 3 N–H and O–H groups in total. The van der Waals surface area contributed by atoms with Crippen LogP contribution in [0.5, 0.6) is 0 Å². The molecule has 2 unspecified atom stereocenters. The standard InChI is InChI=1S/C14H17ClN2O4S/c1-9(18)16-12(14(20)21)8-22-7-11(15)13(19)17-10-5-3-2-4-6-10/h2-6,11-12H,7-8H2,1H3,(H,16,18)(H,17,19)(H,20,21). The minimum Gasteiger partial charge on any atom is -0.480 e. The topological polar surface area (TPSA) is 95.5 Å². The number of anilines is 1. The second kappa shape index (κ2) is 9.32. The van der Waals surface area contributed by atoms with Crippen LogP contribution in [0.25, 0.3) is 0 Å². The van der Waals surface area contributed by atoms with E-state index in [0.29, 0.717) is 5.69 Å². The smallest absolute Gasteiger partial charge is 0.327 e. The molecule has 8 heteroatoms. The van der Waals surface area contributed by atoms with Gasteiger partial charge in [0.1, 0.15) is 11.4 Å². The van der Waals surface area contributed by atoms with Crippen LogP contribution in [0.3, 0.4) is 0 Å². The Morgan fingerprint density at radius 3 is 2.41 bits per heavy atom. The van der Waals surface area contributed by atoms with E-state index in [1.807, 2.05) is 6.07 Å². The van der Waals surface area contributed by atoms with Gasteiger partial charge in [-0.05, 0) is 12.1 Å². The van der Waals surface area contributed by atoms with Gasteiger partial charge >= 0.3 is 5.97 Å². The Labute approximate surface area is 137 Å². The van der Waals surface area contributed by atoms with Crippen LogP contribution < -0.4 is 10.6 Å². The Bertz CT molecular complexity index is 527. The lowest BCUT2D eigenvalue weighted by atomic mass is 10.3. The second-order valence-corrected chi connectivity index (χ2v) is 6.05. The minimum atomic E-state index is -1.12. The summed E-state index contributed by atoms with van der Waals surface area (Å²) in [5, 5.41) is 13.1. The summed E-state index contributed by atoms with van der Waals surface area (Å²) in [6, 6.07) is 7.90. The van der Waals surface area contributed by atoms with Crippen LogP contribution in [0.4, 0.5) is 5.69 Å². The van der Waals surface area contributed by atoms with Crippen LogP contribution in [-0.2, 0) is 14.4 Å². The molecule has 0 aliphatic heterocycles. The van der Waals surface area contributed by atoms with Gasteiger partial charge in [-0.3, -0.25) is 9.59 Å². The number of hydrogen-bond donors (Lipinski definition) is 3. The third kappa shape index (κ3) is 6.82. The van der Waals surface area contributed by atoms with Gasteiger partial charge in [0, 0.05) is 24.1 Å². The quantitative estimate of drug-likeness (QED) is 0.622. The average Bonchev–Trinajstić information content (AvgIpc) is 2.46. The molecule has 2 amide bonds. The molecule has 0 aromatic heterocycles. The molecular formula is C14H17ClN2O4S. The number of halogens is 1. The summed E-state index contributed by atoms with van der Waals surface area (Å²) >= 11 is 7.17. The Balaban J connectivity index is 2.38. The summed E-state index contributed by atoms with van der Waals surface area (Å²) in [4.78, 5) is 33.7. The summed E-state index contributed by atoms with van der Waals surface area (Å²) in [5.41, 5.74) is 0.643. The van der Waals surface area contributed by atoms with Crippen molar-refractivity contribution in [3.05, 3.63) is 30.3 Å². The third-order valence-electron chi connectivity index (χ3n) is 2.55. The third-order valence-corrected chi connectivity index (χ3v) is 4.22. The van der Waals surface area contributed by atoms with Crippen molar-refractivity contribution in [1.29, 1.82) is 0 Å². The first kappa shape index (κ1) is 18.3. The highest BCUT2D eigenvalue weighted by atomic mass is 35.5. The maximum absolute atomic E-state index is 11.9. The first-order chi connectivity index (χ1) is 10.4. The summed E-state index contributed by atoms with van der Waals surface area (Å²) in [6.07, 6.45) is 0. The van der Waals surface area contributed by atoms with E-state index in [4.69, 9.17) is 16.7 Å². The van der Waals surface area contributed by atoms with Gasteiger partial charge in [0.25, 0.3) is 0 Å². The number of carbonyl (C=O) groups is 3. The number of carboxylic acid groups (broad SMARTS) is 1. The van der Waals surface area contributed by atoms with Crippen LogP contribution in [0.15, 0.2) is 30.3 Å². The maximum Gasteiger partial charge on any atom is 0.327 e. The number of benzene rings is 1. The summed E-state index contributed by atoms with van der Waals surface area (Å²) in [6.45, 7) is 1.25. The molecule has 2 atom stereocenters. The van der Waals surface area contributed by atoms with Crippen LogP contribution in [0, 0.1) is 0 Å². The molecule has 0 fully saturated rings. The molecule has 0 bridgehead atoms. The largest absolute Gasteiger partial charge is 0.480 e. The fraction of sp³-hybridized carbons (Fsp3) is 0.357. The molecule has 0 heterocycles. The van der Waals surface area contributed by atoms with Gasteiger partial charge in [0.2, 0.25) is 11.8 Å². The zero-order valence-electron chi connectivity index (χ0n) is 11.9. The first-order valence-corrected chi connectivity index (χ1v) is 8.07. The molecule has 0 radical (unpaired) electrons. The van der Waals surface area contributed by atoms with E-state index in [-0.39, 0.29) is 17.4 Å². The minimum absolute atomic E-state index is 0.136. The molecule has 0 aliphatic rings. The molecule has 1 rings (SSSR count). The molecule has 1 aromatic rings. The van der Waals surface area contributed by atoms with Crippen LogP contribution in [-0.4, -0.2) is 45.8 Å². The number of alkyl halides is 1. The maximum atomic E-state index is 11.9. The van der Waals surface area contributed by atoms with E-state index in [1.54, 1.807) is 24.3 Å². The van der Waals surface area contributed by atoms with Crippen molar-refractivity contribution >= 4 is 46.8 Å². The van der Waals surface area contributed by atoms with Gasteiger partial charge in [-0.25, -0.2) is 4.79 Å². The molecule has 22 heavy (non-hydrogen) atoms. The first-order valence-electron chi connectivity index (χ1n) is 6.47. The molecule has 0 aliphatic carbocycles. The average molecular weight is 345 g/mol. The van der Waals surface area contributed by atoms with E-state index >= 15 is 0 Å². The Morgan fingerprint density at radius 2 is 1.86 bits per heavy atom. The zero-order valence-corrected chi connectivity index (χ0v) is 13.5. The summed E-state index contributed by atoms with van der Waals surface area (Å²) in [5.74, 6) is -1.52. The van der Waals surface area contributed by atoms with Crippen LogP contribution in [0.1, 0.15) is 6.92 Å². The van der Waals surface area contributed by atoms with E-state index in [2.05, 4.69) is 10.6 Å². The normalized spacial score (nSPS) is 13.0. The van der Waals surface area contributed by atoms with Crippen molar-refractivity contribution in [2.75, 3.05) is 16.8 Å². The van der Waals surface area contributed by atoms with Gasteiger partial charge in [-0.15, -0.1) is 11.6 Å². The molecule has 0 spiro atoms. The lowest BCUT2D eigenvalue weighted by Crippen LogP contribution is -2.41. The van der Waals surface area contributed by atoms with Crippen molar-refractivity contribution in [3.63, 3.8) is 0 Å². The number of aliphatic carboxylic acids is 1. The van der Waals surface area contributed by atoms with Gasteiger partial charge < -0.3 is 15.7 Å². The van der Waals surface area contributed by atoms with Crippen LogP contribution in [0.2, 0.25) is 0 Å². The number of nitrogens with one attached hydrogen (secondary N) is 2. The highest BCUT2D eigenvalue weighted by molar-refractivity contribution is 7.99. The Morgan fingerprint density at radius 1 is 1.23 bits per heavy atom. The van der Waals surface area contributed by atoms with Gasteiger partial charge in [-0.1, -0.05) is 18.2 Å². The zero-order chi connectivity index (χ0) is 16.5. The van der Waals surface area contributed by atoms with E-state index < -0.39 is 23.3 Å². The monoisotopic (exact) mass is 344 g/mol. The molecule has 0 saturated carbocycles. The fourth-order valence-electron chi connectivity index (χ4n) is 1.53. The predicted octanol–water partition coefficient (Wildman–Crippen LogP) is 1.55. The second-order valence-electron chi connectivity index (χ2n) is 4.45. The number of carboxylic acids is 1. The highest BCUT2D eigenvalue weighted by Crippen LogP contribution is 2.13. The molecule has 0 saturated heterocycles. The van der Waals surface area contributed by atoms with Crippen LogP contribution >= 0.6 is 23.4 Å². The fourth-order valence-corrected chi connectivity index (χ4v) is 2.80. The number of amides is 2. The van der Waals surface area contributed by atoms with Crippen molar-refractivity contribution in [1.82, 2.24) is 5.32 Å². The van der Waals surface area contributed by atoms with Gasteiger partial charge in [-0.2, -0.15) is 11.8 Å². The summed E-state index contributed by atoms with van der Waals surface area (Å²) in [7, 11) is 0. The molecule has 1 aromatic carbocycles.